The Balaban J connectivity index is 4.30. The molecule has 0 spiro atoms. The van der Waals surface area contributed by atoms with Gasteiger partial charge in [0.05, 0.1) is 19.8 Å². The number of carbonyl (C=O) groups is 1. The zero-order valence-electron chi connectivity index (χ0n) is 13.5. The average molecular weight is 301 g/mol. The van der Waals surface area contributed by atoms with E-state index in [0.29, 0.717) is 25.4 Å². The highest BCUT2D eigenvalue weighted by molar-refractivity contribution is 5.88. The number of nitrogens with zero attached hydrogens (tertiary/aromatic N) is 1. The first-order valence-corrected chi connectivity index (χ1v) is 6.88. The second-order valence-corrected chi connectivity index (χ2v) is 4.34. The van der Waals surface area contributed by atoms with Gasteiger partial charge in [0, 0.05) is 40.0 Å². The van der Waals surface area contributed by atoms with Gasteiger partial charge in [-0.15, -0.1) is 0 Å². The predicted octanol–water partition coefficient (Wildman–Crippen LogP) is 1.23. The highest BCUT2D eigenvalue weighted by Crippen LogP contribution is 1.99. The Kier molecular flexibility index (Phi) is 12.7. The molecule has 0 heterocycles. The highest BCUT2D eigenvalue weighted by atomic mass is 16.6. The fraction of sp³-hybridized carbons (Fsp3) is 0.667. The van der Waals surface area contributed by atoms with Gasteiger partial charge in [0.15, 0.2) is 0 Å². The van der Waals surface area contributed by atoms with Crippen molar-refractivity contribution in [2.75, 3.05) is 60.8 Å². The molecule has 0 aromatic rings. The number of ether oxygens (including phenoxy) is 4. The first-order chi connectivity index (χ1) is 10.2. The molecular formula is C15H27NO5. The zero-order valence-corrected chi connectivity index (χ0v) is 13.5. The van der Waals surface area contributed by atoms with Gasteiger partial charge in [-0.3, -0.25) is 0 Å². The SMILES string of the molecule is COCCOC(=O)/C(C)=C/C=C/N(CCOC)CCOC. The Morgan fingerprint density at radius 2 is 1.52 bits per heavy atom. The van der Waals surface area contributed by atoms with E-state index in [1.54, 1.807) is 34.3 Å². The number of rotatable bonds is 12. The van der Waals surface area contributed by atoms with Gasteiger partial charge >= 0.3 is 5.97 Å². The summed E-state index contributed by atoms with van der Waals surface area (Å²) < 4.78 is 19.9. The van der Waals surface area contributed by atoms with Crippen molar-refractivity contribution in [3.63, 3.8) is 0 Å². The average Bonchev–Trinajstić information content (AvgIpc) is 2.49. The van der Waals surface area contributed by atoms with Gasteiger partial charge in [0.2, 0.25) is 0 Å². The first kappa shape index (κ1) is 19.6. The van der Waals surface area contributed by atoms with E-state index in [1.807, 2.05) is 12.3 Å². The standard InChI is InChI=1S/C15H27NO5/c1-14(15(17)21-13-12-20-4)6-5-7-16(8-10-18-2)9-11-19-3/h5-7H,8-13H2,1-4H3/b7-5+,14-6+. The maximum absolute atomic E-state index is 11.6. The molecule has 0 bridgehead atoms. The zero-order chi connectivity index (χ0) is 15.9. The van der Waals surface area contributed by atoms with E-state index in [1.165, 1.54) is 0 Å². The third-order valence-corrected chi connectivity index (χ3v) is 2.65. The van der Waals surface area contributed by atoms with Crippen LogP contribution in [0.2, 0.25) is 0 Å². The smallest absolute Gasteiger partial charge is 0.333 e. The van der Waals surface area contributed by atoms with Crippen molar-refractivity contribution in [3.05, 3.63) is 23.9 Å². The molecule has 0 aliphatic carbocycles. The minimum atomic E-state index is -0.336. The highest BCUT2D eigenvalue weighted by Gasteiger charge is 2.04. The maximum atomic E-state index is 11.6. The lowest BCUT2D eigenvalue weighted by Crippen LogP contribution is -2.25. The summed E-state index contributed by atoms with van der Waals surface area (Å²) in [5.41, 5.74) is 0.542. The Labute approximate surface area is 127 Å². The van der Waals surface area contributed by atoms with Crippen LogP contribution >= 0.6 is 0 Å². The Hall–Kier alpha value is -1.37. The van der Waals surface area contributed by atoms with E-state index in [2.05, 4.69) is 4.90 Å². The molecule has 0 saturated heterocycles. The van der Waals surface area contributed by atoms with Gasteiger partial charge < -0.3 is 23.8 Å². The lowest BCUT2D eigenvalue weighted by Gasteiger charge is -2.19. The molecule has 6 heteroatoms. The van der Waals surface area contributed by atoms with Gasteiger partial charge in [-0.2, -0.15) is 0 Å². The quantitative estimate of drug-likeness (QED) is 0.234. The fourth-order valence-electron chi connectivity index (χ4n) is 1.39. The molecule has 0 N–H and O–H groups in total. The largest absolute Gasteiger partial charge is 0.460 e. The molecular weight excluding hydrogens is 274 g/mol. The Morgan fingerprint density at radius 1 is 0.952 bits per heavy atom. The summed E-state index contributed by atoms with van der Waals surface area (Å²) in [6, 6.07) is 0. The van der Waals surface area contributed by atoms with E-state index < -0.39 is 0 Å². The van der Waals surface area contributed by atoms with E-state index in [9.17, 15) is 4.79 Å². The van der Waals surface area contributed by atoms with Crippen LogP contribution in [-0.4, -0.2) is 71.7 Å². The van der Waals surface area contributed by atoms with E-state index >= 15 is 0 Å². The Bertz CT molecular complexity index is 320. The topological polar surface area (TPSA) is 57.2 Å². The molecule has 0 amide bonds. The van der Waals surface area contributed by atoms with E-state index in [-0.39, 0.29) is 12.6 Å². The number of carbonyl (C=O) groups excluding carboxylic acids is 1. The molecule has 0 atom stereocenters. The van der Waals surface area contributed by atoms with Crippen LogP contribution in [0.1, 0.15) is 6.92 Å². The van der Waals surface area contributed by atoms with Crippen molar-refractivity contribution in [3.8, 4) is 0 Å². The van der Waals surface area contributed by atoms with Gasteiger partial charge in [-0.25, -0.2) is 4.79 Å². The molecule has 0 unspecified atom stereocenters. The monoisotopic (exact) mass is 301 g/mol. The van der Waals surface area contributed by atoms with Crippen molar-refractivity contribution >= 4 is 5.97 Å². The summed E-state index contributed by atoms with van der Waals surface area (Å²) in [6.07, 6.45) is 5.45. The van der Waals surface area contributed by atoms with Crippen molar-refractivity contribution in [2.24, 2.45) is 0 Å². The molecule has 0 aliphatic rings. The number of allylic oxidation sites excluding steroid dienone is 2. The molecule has 0 saturated carbocycles. The Morgan fingerprint density at radius 3 is 2.05 bits per heavy atom. The molecule has 0 aromatic heterocycles. The van der Waals surface area contributed by atoms with E-state index in [4.69, 9.17) is 18.9 Å². The normalized spacial score (nSPS) is 11.9. The van der Waals surface area contributed by atoms with Crippen LogP contribution in [0.3, 0.4) is 0 Å². The van der Waals surface area contributed by atoms with Gasteiger partial charge in [0.25, 0.3) is 0 Å². The molecule has 0 fully saturated rings. The van der Waals surface area contributed by atoms with Crippen LogP contribution in [-0.2, 0) is 23.7 Å². The summed E-state index contributed by atoms with van der Waals surface area (Å²) in [4.78, 5) is 13.7. The summed E-state index contributed by atoms with van der Waals surface area (Å²) in [7, 11) is 4.89. The van der Waals surface area contributed by atoms with Crippen molar-refractivity contribution < 1.29 is 23.7 Å². The van der Waals surface area contributed by atoms with Crippen molar-refractivity contribution in [1.82, 2.24) is 4.90 Å². The molecule has 21 heavy (non-hydrogen) atoms. The maximum Gasteiger partial charge on any atom is 0.333 e. The lowest BCUT2D eigenvalue weighted by atomic mass is 10.3. The van der Waals surface area contributed by atoms with Crippen molar-refractivity contribution in [1.29, 1.82) is 0 Å². The lowest BCUT2D eigenvalue weighted by molar-refractivity contribution is -0.140. The van der Waals surface area contributed by atoms with Gasteiger partial charge in [-0.05, 0) is 19.2 Å². The summed E-state index contributed by atoms with van der Waals surface area (Å²) >= 11 is 0. The summed E-state index contributed by atoms with van der Waals surface area (Å²) in [6.45, 7) is 5.18. The molecule has 6 nitrogen and oxygen atoms in total. The van der Waals surface area contributed by atoms with Gasteiger partial charge in [-0.1, -0.05) is 6.08 Å². The van der Waals surface area contributed by atoms with Crippen LogP contribution in [0.4, 0.5) is 0 Å². The minimum absolute atomic E-state index is 0.262. The van der Waals surface area contributed by atoms with Crippen LogP contribution in [0.15, 0.2) is 23.9 Å². The number of methoxy groups -OCH3 is 3. The van der Waals surface area contributed by atoms with Crippen LogP contribution in [0, 0.1) is 0 Å². The van der Waals surface area contributed by atoms with Crippen LogP contribution in [0.5, 0.6) is 0 Å². The third-order valence-electron chi connectivity index (χ3n) is 2.65. The molecule has 122 valence electrons. The van der Waals surface area contributed by atoms with E-state index in [0.717, 1.165) is 13.1 Å². The number of hydrogen-bond donors (Lipinski definition) is 0. The predicted molar refractivity (Wildman–Crippen MR) is 81.1 cm³/mol. The summed E-state index contributed by atoms with van der Waals surface area (Å²) in [5.74, 6) is -0.336. The molecule has 0 rings (SSSR count). The summed E-state index contributed by atoms with van der Waals surface area (Å²) in [5, 5.41) is 0. The number of hydrogen-bond acceptors (Lipinski definition) is 6. The molecule has 0 aliphatic heterocycles. The van der Waals surface area contributed by atoms with Crippen molar-refractivity contribution in [2.45, 2.75) is 6.92 Å². The third kappa shape index (κ3) is 11.0. The minimum Gasteiger partial charge on any atom is -0.460 e. The molecule has 0 aromatic carbocycles. The molecule has 0 radical (unpaired) electrons. The van der Waals surface area contributed by atoms with Gasteiger partial charge in [0.1, 0.15) is 6.61 Å². The second-order valence-electron chi connectivity index (χ2n) is 4.34. The van der Waals surface area contributed by atoms with Crippen LogP contribution in [0.25, 0.3) is 0 Å². The number of esters is 1. The van der Waals surface area contributed by atoms with Crippen LogP contribution < -0.4 is 0 Å². The fourth-order valence-corrected chi connectivity index (χ4v) is 1.39. The first-order valence-electron chi connectivity index (χ1n) is 6.88. The second kappa shape index (κ2) is 13.6.